The summed E-state index contributed by atoms with van der Waals surface area (Å²) in [7, 11) is 0. The van der Waals surface area contributed by atoms with Crippen molar-refractivity contribution < 1.29 is 14.3 Å². The summed E-state index contributed by atoms with van der Waals surface area (Å²) in [6.07, 6.45) is 0.934. The Morgan fingerprint density at radius 2 is 1.68 bits per heavy atom. The number of ketones is 1. The van der Waals surface area contributed by atoms with Crippen molar-refractivity contribution in [3.05, 3.63) is 64.7 Å². The van der Waals surface area contributed by atoms with E-state index < -0.39 is 0 Å². The lowest BCUT2D eigenvalue weighted by molar-refractivity contribution is -0.134. The minimum absolute atomic E-state index is 0. The number of ether oxygens (including phenoxy) is 1. The van der Waals surface area contributed by atoms with Crippen LogP contribution in [0.2, 0.25) is 5.02 Å². The molecule has 5 nitrogen and oxygen atoms in total. The molecular weight excluding hydrogens is 399 g/mol. The first-order valence-electron chi connectivity index (χ1n) is 9.00. The van der Waals surface area contributed by atoms with Crippen LogP contribution in [0.3, 0.4) is 0 Å². The van der Waals surface area contributed by atoms with E-state index in [2.05, 4.69) is 0 Å². The lowest BCUT2D eigenvalue weighted by Gasteiger charge is -2.21. The number of hydrogen-bond donors (Lipinski definition) is 1. The number of carbonyl (C=O) groups is 2. The van der Waals surface area contributed by atoms with Gasteiger partial charge in [0.2, 0.25) is 0 Å². The number of halogens is 2. The molecule has 2 aromatic rings. The Kier molecular flexibility index (Phi) is 7.87. The van der Waals surface area contributed by atoms with Crippen LogP contribution in [0.5, 0.6) is 5.75 Å². The molecule has 0 spiro atoms. The summed E-state index contributed by atoms with van der Waals surface area (Å²) < 4.78 is 5.60. The molecule has 1 heterocycles. The Bertz CT molecular complexity index is 809. The summed E-state index contributed by atoms with van der Waals surface area (Å²) in [5.41, 5.74) is 6.83. The number of rotatable bonds is 6. The number of nitrogens with two attached hydrogens (primary N) is 1. The zero-order chi connectivity index (χ0) is 19.4. The normalized spacial score (nSPS) is 18.5. The van der Waals surface area contributed by atoms with Gasteiger partial charge in [0.25, 0.3) is 5.91 Å². The van der Waals surface area contributed by atoms with E-state index in [1.54, 1.807) is 48.5 Å². The summed E-state index contributed by atoms with van der Waals surface area (Å²) in [5.74, 6) is 0.785. The molecule has 150 valence electrons. The van der Waals surface area contributed by atoms with Gasteiger partial charge >= 0.3 is 0 Å². The number of benzene rings is 2. The SMILES string of the molecule is CC1CC(CN)CN1C(=O)COc1ccc(C(=O)c2ccc(Cl)cc2)cc1.Cl. The van der Waals surface area contributed by atoms with Crippen molar-refractivity contribution in [3.8, 4) is 5.75 Å². The van der Waals surface area contributed by atoms with Gasteiger partial charge < -0.3 is 15.4 Å². The van der Waals surface area contributed by atoms with E-state index in [0.717, 1.165) is 6.42 Å². The molecule has 28 heavy (non-hydrogen) atoms. The van der Waals surface area contributed by atoms with Crippen molar-refractivity contribution in [3.63, 3.8) is 0 Å². The highest BCUT2D eigenvalue weighted by molar-refractivity contribution is 6.30. The van der Waals surface area contributed by atoms with Crippen LogP contribution in [0, 0.1) is 5.92 Å². The van der Waals surface area contributed by atoms with Crippen molar-refractivity contribution in [1.82, 2.24) is 4.90 Å². The molecule has 2 N–H and O–H groups in total. The first-order valence-corrected chi connectivity index (χ1v) is 9.38. The molecule has 3 rings (SSSR count). The summed E-state index contributed by atoms with van der Waals surface area (Å²) in [6, 6.07) is 13.7. The van der Waals surface area contributed by atoms with E-state index in [4.69, 9.17) is 22.1 Å². The van der Waals surface area contributed by atoms with Crippen LogP contribution in [-0.2, 0) is 4.79 Å². The highest BCUT2D eigenvalue weighted by Crippen LogP contribution is 2.22. The first kappa shape index (κ1) is 22.2. The fraction of sp³-hybridized carbons (Fsp3) is 0.333. The topological polar surface area (TPSA) is 72.6 Å². The van der Waals surface area contributed by atoms with Crippen LogP contribution in [0.4, 0.5) is 0 Å². The van der Waals surface area contributed by atoms with E-state index in [-0.39, 0.29) is 36.7 Å². The minimum atomic E-state index is -0.0898. The molecule has 1 saturated heterocycles. The second-order valence-corrected chi connectivity index (χ2v) is 7.32. The van der Waals surface area contributed by atoms with Crippen molar-refractivity contribution in [2.75, 3.05) is 19.7 Å². The molecule has 1 aliphatic heterocycles. The zero-order valence-corrected chi connectivity index (χ0v) is 17.2. The third-order valence-electron chi connectivity index (χ3n) is 4.90. The molecule has 1 amide bonds. The Balaban J connectivity index is 0.00000280. The third kappa shape index (κ3) is 5.25. The average molecular weight is 423 g/mol. The lowest BCUT2D eigenvalue weighted by atomic mass is 10.0. The lowest BCUT2D eigenvalue weighted by Crippen LogP contribution is -2.37. The monoisotopic (exact) mass is 422 g/mol. The van der Waals surface area contributed by atoms with Crippen LogP contribution < -0.4 is 10.5 Å². The van der Waals surface area contributed by atoms with Gasteiger partial charge in [-0.3, -0.25) is 9.59 Å². The van der Waals surface area contributed by atoms with Gasteiger partial charge in [-0.15, -0.1) is 12.4 Å². The van der Waals surface area contributed by atoms with Crippen molar-refractivity contribution >= 4 is 35.7 Å². The number of likely N-dealkylation sites (tertiary alicyclic amines) is 1. The first-order chi connectivity index (χ1) is 13.0. The molecule has 1 fully saturated rings. The summed E-state index contributed by atoms with van der Waals surface area (Å²) in [6.45, 7) is 3.29. The fourth-order valence-corrected chi connectivity index (χ4v) is 3.49. The Morgan fingerprint density at radius 3 is 2.21 bits per heavy atom. The molecule has 1 aliphatic rings. The highest BCUT2D eigenvalue weighted by Gasteiger charge is 2.31. The van der Waals surface area contributed by atoms with E-state index in [9.17, 15) is 9.59 Å². The van der Waals surface area contributed by atoms with Gasteiger partial charge in [0.05, 0.1) is 0 Å². The van der Waals surface area contributed by atoms with Crippen LogP contribution in [0.1, 0.15) is 29.3 Å². The van der Waals surface area contributed by atoms with Crippen molar-refractivity contribution in [2.24, 2.45) is 11.7 Å². The summed E-state index contributed by atoms with van der Waals surface area (Å²) in [4.78, 5) is 26.7. The van der Waals surface area contributed by atoms with Gasteiger partial charge in [-0.2, -0.15) is 0 Å². The molecule has 2 unspecified atom stereocenters. The molecule has 0 aromatic heterocycles. The molecular formula is C21H24Cl2N2O3. The van der Waals surface area contributed by atoms with Crippen molar-refractivity contribution in [2.45, 2.75) is 19.4 Å². The van der Waals surface area contributed by atoms with Crippen molar-refractivity contribution in [1.29, 1.82) is 0 Å². The summed E-state index contributed by atoms with van der Waals surface area (Å²) in [5, 5.41) is 0.588. The molecule has 0 saturated carbocycles. The maximum atomic E-state index is 12.4. The van der Waals surface area contributed by atoms with Crippen LogP contribution >= 0.6 is 24.0 Å². The van der Waals surface area contributed by atoms with Crippen LogP contribution in [-0.4, -0.2) is 42.3 Å². The quantitative estimate of drug-likeness (QED) is 0.722. The van der Waals surface area contributed by atoms with E-state index >= 15 is 0 Å². The number of nitrogens with zero attached hydrogens (tertiary/aromatic N) is 1. The van der Waals surface area contributed by atoms with Gasteiger partial charge in [0.15, 0.2) is 12.4 Å². The average Bonchev–Trinajstić information content (AvgIpc) is 3.07. The number of hydrogen-bond acceptors (Lipinski definition) is 4. The largest absolute Gasteiger partial charge is 0.484 e. The van der Waals surface area contributed by atoms with E-state index in [1.807, 2.05) is 11.8 Å². The standard InChI is InChI=1S/C21H23ClN2O3.ClH/c1-14-10-15(11-23)12-24(14)20(25)13-27-19-8-4-17(5-9-19)21(26)16-2-6-18(22)7-3-16;/h2-9,14-15H,10-13,23H2,1H3;1H. The van der Waals surface area contributed by atoms with Gasteiger partial charge in [0.1, 0.15) is 5.75 Å². The fourth-order valence-electron chi connectivity index (χ4n) is 3.36. The number of carbonyl (C=O) groups excluding carboxylic acids is 2. The zero-order valence-electron chi connectivity index (χ0n) is 15.6. The molecule has 0 aliphatic carbocycles. The molecule has 7 heteroatoms. The second kappa shape index (κ2) is 9.92. The Labute approximate surface area is 176 Å². The van der Waals surface area contributed by atoms with Gasteiger partial charge in [0, 0.05) is 28.7 Å². The third-order valence-corrected chi connectivity index (χ3v) is 5.15. The minimum Gasteiger partial charge on any atom is -0.484 e. The van der Waals surface area contributed by atoms with E-state index in [1.165, 1.54) is 0 Å². The Morgan fingerprint density at radius 1 is 1.11 bits per heavy atom. The smallest absolute Gasteiger partial charge is 0.260 e. The predicted octanol–water partition coefficient (Wildman–Crippen LogP) is 3.57. The van der Waals surface area contributed by atoms with Gasteiger partial charge in [-0.05, 0) is 74.3 Å². The molecule has 2 atom stereocenters. The molecule has 0 radical (unpaired) electrons. The van der Waals surface area contributed by atoms with Crippen LogP contribution in [0.15, 0.2) is 48.5 Å². The van der Waals surface area contributed by atoms with E-state index in [0.29, 0.717) is 40.9 Å². The number of amides is 1. The Hall–Kier alpha value is -2.08. The summed E-state index contributed by atoms with van der Waals surface area (Å²) >= 11 is 5.85. The second-order valence-electron chi connectivity index (χ2n) is 6.88. The maximum Gasteiger partial charge on any atom is 0.260 e. The molecule has 2 aromatic carbocycles. The predicted molar refractivity (Wildman–Crippen MR) is 112 cm³/mol. The maximum absolute atomic E-state index is 12.4. The molecule has 0 bridgehead atoms. The van der Waals surface area contributed by atoms with Crippen LogP contribution in [0.25, 0.3) is 0 Å². The highest BCUT2D eigenvalue weighted by atomic mass is 35.5. The van der Waals surface area contributed by atoms with Gasteiger partial charge in [-0.1, -0.05) is 11.6 Å². The van der Waals surface area contributed by atoms with Gasteiger partial charge in [-0.25, -0.2) is 0 Å².